The van der Waals surface area contributed by atoms with Crippen LogP contribution < -0.4 is 10.5 Å². The van der Waals surface area contributed by atoms with E-state index in [1.54, 1.807) is 14.0 Å². The lowest BCUT2D eigenvalue weighted by Crippen LogP contribution is -2.10. The van der Waals surface area contributed by atoms with Crippen LogP contribution in [0.25, 0.3) is 0 Å². The van der Waals surface area contributed by atoms with Crippen LogP contribution in [0, 0.1) is 0 Å². The lowest BCUT2D eigenvalue weighted by molar-refractivity contribution is 0.0527. The Kier molecular flexibility index (Phi) is 5.93. The van der Waals surface area contributed by atoms with E-state index < -0.39 is 5.97 Å². The van der Waals surface area contributed by atoms with E-state index in [0.29, 0.717) is 25.7 Å². The van der Waals surface area contributed by atoms with Gasteiger partial charge in [0.1, 0.15) is 0 Å². The molecule has 0 bridgehead atoms. The fraction of sp³-hybridized carbons (Fsp3) is 0.500. The van der Waals surface area contributed by atoms with Crippen molar-refractivity contribution in [1.29, 1.82) is 0 Å². The zero-order valence-corrected chi connectivity index (χ0v) is 10.6. The summed E-state index contributed by atoms with van der Waals surface area (Å²) in [7, 11) is 1.63. The van der Waals surface area contributed by atoms with Crippen LogP contribution in [0.15, 0.2) is 12.3 Å². The monoisotopic (exact) mass is 254 g/mol. The summed E-state index contributed by atoms with van der Waals surface area (Å²) in [6.07, 6.45) is 2.13. The lowest BCUT2D eigenvalue weighted by Gasteiger charge is -2.08. The highest BCUT2D eigenvalue weighted by Crippen LogP contribution is 2.17. The second-order valence-corrected chi connectivity index (χ2v) is 3.53. The minimum Gasteiger partial charge on any atom is -0.478 e. The van der Waals surface area contributed by atoms with Crippen LogP contribution in [0.2, 0.25) is 0 Å². The maximum atomic E-state index is 11.6. The number of methoxy groups -OCH3 is 1. The Labute approximate surface area is 106 Å². The van der Waals surface area contributed by atoms with Crippen molar-refractivity contribution in [1.82, 2.24) is 4.98 Å². The van der Waals surface area contributed by atoms with Crippen LogP contribution in [-0.2, 0) is 9.47 Å². The van der Waals surface area contributed by atoms with E-state index in [4.69, 9.17) is 19.9 Å². The highest BCUT2D eigenvalue weighted by molar-refractivity contribution is 5.95. The van der Waals surface area contributed by atoms with Gasteiger partial charge < -0.3 is 19.9 Å². The van der Waals surface area contributed by atoms with Crippen molar-refractivity contribution < 1.29 is 19.0 Å². The third-order valence-electron chi connectivity index (χ3n) is 2.15. The number of nitrogens with two attached hydrogens (primary N) is 1. The Hall–Kier alpha value is -1.82. The molecular formula is C12H18N2O4. The van der Waals surface area contributed by atoms with Crippen molar-refractivity contribution in [2.24, 2.45) is 0 Å². The minimum absolute atomic E-state index is 0.272. The Morgan fingerprint density at radius 2 is 2.22 bits per heavy atom. The number of nitrogens with zero attached hydrogens (tertiary/aromatic N) is 1. The second kappa shape index (κ2) is 7.50. The number of rotatable bonds is 7. The summed E-state index contributed by atoms with van der Waals surface area (Å²) in [5.41, 5.74) is 6.21. The summed E-state index contributed by atoms with van der Waals surface area (Å²) < 4.78 is 15.2. The molecule has 0 aromatic carbocycles. The summed E-state index contributed by atoms with van der Waals surface area (Å²) in [6, 6.07) is 1.49. The average Bonchev–Trinajstić information content (AvgIpc) is 2.36. The number of carbonyl (C=O) groups is 1. The first kappa shape index (κ1) is 14.2. The van der Waals surface area contributed by atoms with Gasteiger partial charge in [0.25, 0.3) is 0 Å². The van der Waals surface area contributed by atoms with Gasteiger partial charge in [-0.1, -0.05) is 0 Å². The first-order chi connectivity index (χ1) is 8.69. The van der Waals surface area contributed by atoms with Gasteiger partial charge >= 0.3 is 5.97 Å². The zero-order valence-electron chi connectivity index (χ0n) is 10.6. The molecule has 0 aliphatic rings. The Morgan fingerprint density at radius 1 is 1.44 bits per heavy atom. The van der Waals surface area contributed by atoms with Crippen molar-refractivity contribution >= 4 is 11.7 Å². The summed E-state index contributed by atoms with van der Waals surface area (Å²) in [4.78, 5) is 15.6. The number of pyridine rings is 1. The normalized spacial score (nSPS) is 10.1. The molecule has 0 saturated carbocycles. The smallest absolute Gasteiger partial charge is 0.340 e. The summed E-state index contributed by atoms with van der Waals surface area (Å²) in [5.74, 6) is -0.123. The molecule has 0 saturated heterocycles. The number of nitrogen functional groups attached to an aromatic ring is 1. The molecule has 1 heterocycles. The van der Waals surface area contributed by atoms with Gasteiger partial charge in [-0.15, -0.1) is 0 Å². The number of carbonyl (C=O) groups excluding carboxylic acids is 1. The molecular weight excluding hydrogens is 236 g/mol. The molecule has 1 aromatic heterocycles. The van der Waals surface area contributed by atoms with Crippen molar-refractivity contribution in [3.05, 3.63) is 17.8 Å². The molecule has 1 rings (SSSR count). The van der Waals surface area contributed by atoms with Crippen LogP contribution in [0.5, 0.6) is 5.88 Å². The topological polar surface area (TPSA) is 83.7 Å². The number of hydrogen-bond acceptors (Lipinski definition) is 6. The molecule has 0 aliphatic heterocycles. The van der Waals surface area contributed by atoms with E-state index in [9.17, 15) is 4.79 Å². The molecule has 1 aromatic rings. The molecule has 6 nitrogen and oxygen atoms in total. The summed E-state index contributed by atoms with van der Waals surface area (Å²) >= 11 is 0. The predicted octanol–water partition coefficient (Wildman–Crippen LogP) is 1.26. The Morgan fingerprint density at radius 3 is 2.89 bits per heavy atom. The van der Waals surface area contributed by atoms with E-state index in [1.165, 1.54) is 12.3 Å². The highest BCUT2D eigenvalue weighted by Gasteiger charge is 2.12. The van der Waals surface area contributed by atoms with Gasteiger partial charge in [0.05, 0.1) is 30.7 Å². The molecule has 2 N–H and O–H groups in total. The van der Waals surface area contributed by atoms with Gasteiger partial charge in [-0.25, -0.2) is 9.78 Å². The number of hydrogen-bond donors (Lipinski definition) is 1. The van der Waals surface area contributed by atoms with Gasteiger partial charge in [0, 0.05) is 26.2 Å². The third-order valence-corrected chi connectivity index (χ3v) is 2.15. The standard InChI is InChI=1S/C12H18N2O4/c1-3-17-12(15)9-7-11(14-8-10(9)13)18-6-4-5-16-2/h7-8H,3-6,13H2,1-2H3. The fourth-order valence-electron chi connectivity index (χ4n) is 1.29. The second-order valence-electron chi connectivity index (χ2n) is 3.53. The molecule has 0 radical (unpaired) electrons. The minimum atomic E-state index is -0.473. The molecule has 0 fully saturated rings. The Bertz CT molecular complexity index is 396. The van der Waals surface area contributed by atoms with Crippen LogP contribution in [-0.4, -0.2) is 37.9 Å². The largest absolute Gasteiger partial charge is 0.478 e. The van der Waals surface area contributed by atoms with Gasteiger partial charge in [-0.2, -0.15) is 0 Å². The van der Waals surface area contributed by atoms with E-state index in [2.05, 4.69) is 4.98 Å². The molecule has 0 unspecified atom stereocenters. The Balaban J connectivity index is 2.65. The van der Waals surface area contributed by atoms with Crippen LogP contribution >= 0.6 is 0 Å². The molecule has 0 spiro atoms. The number of aromatic nitrogens is 1. The van der Waals surface area contributed by atoms with E-state index in [0.717, 1.165) is 6.42 Å². The maximum Gasteiger partial charge on any atom is 0.340 e. The molecule has 18 heavy (non-hydrogen) atoms. The first-order valence-electron chi connectivity index (χ1n) is 5.73. The third kappa shape index (κ3) is 4.21. The summed E-state index contributed by atoms with van der Waals surface area (Å²) in [5, 5.41) is 0. The SMILES string of the molecule is CCOC(=O)c1cc(OCCCOC)ncc1N. The molecule has 6 heteroatoms. The first-order valence-corrected chi connectivity index (χ1v) is 5.73. The molecule has 0 aliphatic carbocycles. The van der Waals surface area contributed by atoms with Crippen molar-refractivity contribution in [2.75, 3.05) is 32.7 Å². The quantitative estimate of drug-likeness (QED) is 0.582. The average molecular weight is 254 g/mol. The maximum absolute atomic E-state index is 11.6. The zero-order chi connectivity index (χ0) is 13.4. The van der Waals surface area contributed by atoms with Crippen molar-refractivity contribution in [2.45, 2.75) is 13.3 Å². The van der Waals surface area contributed by atoms with Gasteiger partial charge in [-0.05, 0) is 6.92 Å². The van der Waals surface area contributed by atoms with Crippen LogP contribution in [0.1, 0.15) is 23.7 Å². The predicted molar refractivity (Wildman–Crippen MR) is 66.6 cm³/mol. The number of esters is 1. The van der Waals surface area contributed by atoms with Crippen molar-refractivity contribution in [3.8, 4) is 5.88 Å². The number of ether oxygens (including phenoxy) is 3. The van der Waals surface area contributed by atoms with Crippen LogP contribution in [0.4, 0.5) is 5.69 Å². The van der Waals surface area contributed by atoms with Gasteiger partial charge in [-0.3, -0.25) is 0 Å². The van der Waals surface area contributed by atoms with E-state index >= 15 is 0 Å². The van der Waals surface area contributed by atoms with Crippen LogP contribution in [0.3, 0.4) is 0 Å². The molecule has 100 valence electrons. The lowest BCUT2D eigenvalue weighted by atomic mass is 10.2. The molecule has 0 atom stereocenters. The molecule has 0 amide bonds. The van der Waals surface area contributed by atoms with Gasteiger partial charge in [0.15, 0.2) is 0 Å². The highest BCUT2D eigenvalue weighted by atomic mass is 16.5. The van der Waals surface area contributed by atoms with E-state index in [1.807, 2.05) is 0 Å². The number of anilines is 1. The summed E-state index contributed by atoms with van der Waals surface area (Å²) in [6.45, 7) is 3.11. The van der Waals surface area contributed by atoms with Gasteiger partial charge in [0.2, 0.25) is 5.88 Å². The van der Waals surface area contributed by atoms with E-state index in [-0.39, 0.29) is 11.3 Å². The van der Waals surface area contributed by atoms with Crippen molar-refractivity contribution in [3.63, 3.8) is 0 Å². The fourth-order valence-corrected chi connectivity index (χ4v) is 1.29.